The lowest BCUT2D eigenvalue weighted by Crippen LogP contribution is -2.41. The van der Waals surface area contributed by atoms with Gasteiger partial charge in [-0.2, -0.15) is 0 Å². The third kappa shape index (κ3) is 3.74. The second-order valence-electron chi connectivity index (χ2n) is 5.56. The molecule has 1 N–H and O–H groups in total. The van der Waals surface area contributed by atoms with Crippen molar-refractivity contribution in [3.8, 4) is 0 Å². The molecule has 0 aromatic carbocycles. The van der Waals surface area contributed by atoms with E-state index in [1.165, 1.54) is 64.2 Å². The molecular formula is C14H27NO. The van der Waals surface area contributed by atoms with Crippen molar-refractivity contribution in [2.45, 2.75) is 82.4 Å². The molecule has 0 amide bonds. The minimum atomic E-state index is 0.534. The van der Waals surface area contributed by atoms with Crippen molar-refractivity contribution < 1.29 is 4.74 Å². The number of hydrogen-bond acceptors (Lipinski definition) is 2. The van der Waals surface area contributed by atoms with Gasteiger partial charge in [-0.3, -0.25) is 0 Å². The molecule has 2 aliphatic carbocycles. The van der Waals surface area contributed by atoms with E-state index in [2.05, 4.69) is 5.32 Å². The van der Waals surface area contributed by atoms with Gasteiger partial charge in [-0.05, 0) is 38.5 Å². The van der Waals surface area contributed by atoms with E-state index in [1.54, 1.807) is 0 Å². The molecule has 2 fully saturated rings. The Morgan fingerprint density at radius 3 is 1.88 bits per heavy atom. The summed E-state index contributed by atoms with van der Waals surface area (Å²) in [6, 6.07) is 1.58. The predicted octanol–water partition coefficient (Wildman–Crippen LogP) is 3.26. The largest absolute Gasteiger partial charge is 0.381 e. The Labute approximate surface area is 100 Å². The Bertz CT molecular complexity index is 179. The first-order valence-corrected chi connectivity index (χ1v) is 7.17. The summed E-state index contributed by atoms with van der Waals surface area (Å²) in [5, 5.41) is 3.89. The Morgan fingerprint density at radius 1 is 0.750 bits per heavy atom. The molecule has 0 aliphatic heterocycles. The van der Waals surface area contributed by atoms with Gasteiger partial charge in [0.05, 0.1) is 6.10 Å². The third-order valence-electron chi connectivity index (χ3n) is 4.33. The highest BCUT2D eigenvalue weighted by Crippen LogP contribution is 2.23. The van der Waals surface area contributed by atoms with Crippen LogP contribution >= 0.6 is 0 Å². The standard InChI is InChI=1S/C14H27NO/c1-16-14-10-8-13(9-11-14)15-12-6-4-2-3-5-7-12/h12-15H,2-11H2,1H3. The van der Waals surface area contributed by atoms with E-state index in [0.29, 0.717) is 6.10 Å². The van der Waals surface area contributed by atoms with Gasteiger partial charge in [0.1, 0.15) is 0 Å². The summed E-state index contributed by atoms with van der Waals surface area (Å²) in [5.41, 5.74) is 0. The first-order chi connectivity index (χ1) is 7.88. The monoisotopic (exact) mass is 225 g/mol. The first-order valence-electron chi connectivity index (χ1n) is 7.17. The zero-order valence-electron chi connectivity index (χ0n) is 10.7. The Morgan fingerprint density at radius 2 is 1.31 bits per heavy atom. The fourth-order valence-electron chi connectivity index (χ4n) is 3.24. The molecule has 0 unspecified atom stereocenters. The molecule has 0 spiro atoms. The van der Waals surface area contributed by atoms with E-state index < -0.39 is 0 Å². The summed E-state index contributed by atoms with van der Waals surface area (Å²) in [5.74, 6) is 0. The zero-order chi connectivity index (χ0) is 11.2. The van der Waals surface area contributed by atoms with Gasteiger partial charge in [-0.1, -0.05) is 25.7 Å². The molecule has 16 heavy (non-hydrogen) atoms. The van der Waals surface area contributed by atoms with Crippen molar-refractivity contribution in [3.63, 3.8) is 0 Å². The van der Waals surface area contributed by atoms with Gasteiger partial charge in [0.2, 0.25) is 0 Å². The summed E-state index contributed by atoms with van der Waals surface area (Å²) in [6.07, 6.45) is 14.3. The highest BCUT2D eigenvalue weighted by atomic mass is 16.5. The van der Waals surface area contributed by atoms with Gasteiger partial charge >= 0.3 is 0 Å². The Balaban J connectivity index is 1.69. The van der Waals surface area contributed by atoms with Crippen molar-refractivity contribution >= 4 is 0 Å². The molecule has 0 heterocycles. The Hall–Kier alpha value is -0.0800. The molecule has 94 valence electrons. The van der Waals surface area contributed by atoms with Crippen molar-refractivity contribution in [2.24, 2.45) is 0 Å². The van der Waals surface area contributed by atoms with E-state index in [0.717, 1.165) is 12.1 Å². The van der Waals surface area contributed by atoms with Crippen LogP contribution in [0.1, 0.15) is 64.2 Å². The fraction of sp³-hybridized carbons (Fsp3) is 1.00. The fourth-order valence-corrected chi connectivity index (χ4v) is 3.24. The van der Waals surface area contributed by atoms with Gasteiger partial charge < -0.3 is 10.1 Å². The van der Waals surface area contributed by atoms with Crippen molar-refractivity contribution in [2.75, 3.05) is 7.11 Å². The number of nitrogens with one attached hydrogen (secondary N) is 1. The van der Waals surface area contributed by atoms with Crippen LogP contribution in [0.5, 0.6) is 0 Å². The molecule has 2 saturated carbocycles. The van der Waals surface area contributed by atoms with Crippen molar-refractivity contribution in [1.82, 2.24) is 5.32 Å². The smallest absolute Gasteiger partial charge is 0.0572 e. The third-order valence-corrected chi connectivity index (χ3v) is 4.33. The van der Waals surface area contributed by atoms with Crippen LogP contribution in [0.25, 0.3) is 0 Å². The number of hydrogen-bond donors (Lipinski definition) is 1. The lowest BCUT2D eigenvalue weighted by Gasteiger charge is -2.31. The predicted molar refractivity (Wildman–Crippen MR) is 67.7 cm³/mol. The molecule has 0 saturated heterocycles. The van der Waals surface area contributed by atoms with E-state index in [9.17, 15) is 0 Å². The van der Waals surface area contributed by atoms with Crippen LogP contribution in [0, 0.1) is 0 Å². The highest BCUT2D eigenvalue weighted by Gasteiger charge is 2.23. The second kappa shape index (κ2) is 6.61. The summed E-state index contributed by atoms with van der Waals surface area (Å²) in [7, 11) is 1.85. The lowest BCUT2D eigenvalue weighted by atomic mass is 9.92. The van der Waals surface area contributed by atoms with Crippen LogP contribution in [0.2, 0.25) is 0 Å². The van der Waals surface area contributed by atoms with E-state index in [1.807, 2.05) is 7.11 Å². The van der Waals surface area contributed by atoms with Crippen LogP contribution in [-0.4, -0.2) is 25.3 Å². The molecule has 2 nitrogen and oxygen atoms in total. The van der Waals surface area contributed by atoms with E-state index in [-0.39, 0.29) is 0 Å². The lowest BCUT2D eigenvalue weighted by molar-refractivity contribution is 0.0608. The highest BCUT2D eigenvalue weighted by molar-refractivity contribution is 4.81. The zero-order valence-corrected chi connectivity index (χ0v) is 10.7. The maximum Gasteiger partial charge on any atom is 0.0572 e. The minimum absolute atomic E-state index is 0.534. The van der Waals surface area contributed by atoms with Crippen LogP contribution in [0.4, 0.5) is 0 Å². The topological polar surface area (TPSA) is 21.3 Å². The van der Waals surface area contributed by atoms with E-state index in [4.69, 9.17) is 4.74 Å². The molecular weight excluding hydrogens is 198 g/mol. The summed E-state index contributed by atoms with van der Waals surface area (Å²) in [4.78, 5) is 0. The molecule has 0 aromatic rings. The van der Waals surface area contributed by atoms with Crippen molar-refractivity contribution in [3.05, 3.63) is 0 Å². The quantitative estimate of drug-likeness (QED) is 0.744. The van der Waals surface area contributed by atoms with Crippen LogP contribution in [0.15, 0.2) is 0 Å². The van der Waals surface area contributed by atoms with Crippen LogP contribution in [0.3, 0.4) is 0 Å². The Kier molecular flexibility index (Phi) is 5.11. The average molecular weight is 225 g/mol. The molecule has 2 heteroatoms. The van der Waals surface area contributed by atoms with Gasteiger partial charge in [0.25, 0.3) is 0 Å². The maximum absolute atomic E-state index is 5.42. The van der Waals surface area contributed by atoms with Gasteiger partial charge in [0.15, 0.2) is 0 Å². The molecule has 2 rings (SSSR count). The summed E-state index contributed by atoms with van der Waals surface area (Å²) >= 11 is 0. The maximum atomic E-state index is 5.42. The number of methoxy groups -OCH3 is 1. The molecule has 0 aromatic heterocycles. The number of rotatable bonds is 3. The molecule has 0 bridgehead atoms. The summed E-state index contributed by atoms with van der Waals surface area (Å²) < 4.78 is 5.42. The second-order valence-corrected chi connectivity index (χ2v) is 5.56. The number of ether oxygens (including phenoxy) is 1. The minimum Gasteiger partial charge on any atom is -0.381 e. The van der Waals surface area contributed by atoms with Gasteiger partial charge in [0, 0.05) is 19.2 Å². The SMILES string of the molecule is COC1CCC(NC2CCCCCC2)CC1. The van der Waals surface area contributed by atoms with Crippen molar-refractivity contribution in [1.29, 1.82) is 0 Å². The summed E-state index contributed by atoms with van der Waals surface area (Å²) in [6.45, 7) is 0. The van der Waals surface area contributed by atoms with Gasteiger partial charge in [-0.25, -0.2) is 0 Å². The normalized spacial score (nSPS) is 33.6. The van der Waals surface area contributed by atoms with E-state index >= 15 is 0 Å². The first kappa shape index (κ1) is 12.4. The molecule has 0 atom stereocenters. The van der Waals surface area contributed by atoms with Crippen LogP contribution < -0.4 is 5.32 Å². The molecule has 0 radical (unpaired) electrons. The average Bonchev–Trinajstić information content (AvgIpc) is 2.59. The van der Waals surface area contributed by atoms with Gasteiger partial charge in [-0.15, -0.1) is 0 Å². The van der Waals surface area contributed by atoms with Crippen LogP contribution in [-0.2, 0) is 4.74 Å². The molecule has 2 aliphatic rings.